The molecule has 0 aliphatic heterocycles. The summed E-state index contributed by atoms with van der Waals surface area (Å²) in [7, 11) is 1.46. The number of anilines is 1. The Morgan fingerprint density at radius 1 is 1.43 bits per heavy atom. The third kappa shape index (κ3) is 4.51. The molecule has 6 heteroatoms. The highest BCUT2D eigenvalue weighted by Crippen LogP contribution is 2.28. The van der Waals surface area contributed by atoms with Crippen LogP contribution in [0.5, 0.6) is 5.75 Å². The molecule has 118 valence electrons. The van der Waals surface area contributed by atoms with Crippen molar-refractivity contribution < 1.29 is 14.6 Å². The van der Waals surface area contributed by atoms with E-state index in [-0.39, 0.29) is 18.4 Å². The summed E-state index contributed by atoms with van der Waals surface area (Å²) in [6, 6.07) is 2.98. The van der Waals surface area contributed by atoms with Gasteiger partial charge >= 0.3 is 0 Å². The summed E-state index contributed by atoms with van der Waals surface area (Å²) in [5.41, 5.74) is 6.33. The van der Waals surface area contributed by atoms with Crippen LogP contribution in [0.4, 0.5) is 5.69 Å². The Morgan fingerprint density at radius 2 is 2.05 bits per heavy atom. The van der Waals surface area contributed by atoms with Gasteiger partial charge in [-0.05, 0) is 12.0 Å². The van der Waals surface area contributed by atoms with Crippen LogP contribution in [0.25, 0.3) is 0 Å². The average Bonchev–Trinajstić information content (AvgIpc) is 2.48. The van der Waals surface area contributed by atoms with Crippen molar-refractivity contribution in [1.82, 2.24) is 5.32 Å². The number of carbonyl (C=O) groups excluding carboxylic acids is 1. The number of rotatable bonds is 7. The zero-order valence-electron chi connectivity index (χ0n) is 12.6. The average molecular weight is 315 g/mol. The van der Waals surface area contributed by atoms with Crippen LogP contribution in [-0.2, 0) is 0 Å². The van der Waals surface area contributed by atoms with Gasteiger partial charge in [-0.25, -0.2) is 0 Å². The highest BCUT2D eigenvalue weighted by Gasteiger charge is 2.19. The third-order valence-electron chi connectivity index (χ3n) is 3.63. The van der Waals surface area contributed by atoms with Gasteiger partial charge in [-0.15, -0.1) is 0 Å². The van der Waals surface area contributed by atoms with Crippen molar-refractivity contribution in [1.29, 1.82) is 0 Å². The molecular weight excluding hydrogens is 292 g/mol. The maximum Gasteiger partial charge on any atom is 0.255 e. The fourth-order valence-corrected chi connectivity index (χ4v) is 2.37. The van der Waals surface area contributed by atoms with Crippen LogP contribution in [0.15, 0.2) is 12.1 Å². The van der Waals surface area contributed by atoms with Gasteiger partial charge in [0.25, 0.3) is 5.91 Å². The first-order valence-electron chi connectivity index (χ1n) is 7.03. The fourth-order valence-electron chi connectivity index (χ4n) is 2.21. The summed E-state index contributed by atoms with van der Waals surface area (Å²) < 4.78 is 5.14. The lowest BCUT2D eigenvalue weighted by molar-refractivity contribution is 0.0814. The molecule has 1 atom stereocenters. The maximum absolute atomic E-state index is 12.2. The van der Waals surface area contributed by atoms with Gasteiger partial charge in [0.05, 0.1) is 29.5 Å². The number of methoxy groups -OCH3 is 1. The van der Waals surface area contributed by atoms with Crippen LogP contribution in [0.1, 0.15) is 37.0 Å². The van der Waals surface area contributed by atoms with Gasteiger partial charge in [0, 0.05) is 12.6 Å². The topological polar surface area (TPSA) is 84.6 Å². The molecule has 1 aromatic carbocycles. The Labute approximate surface area is 130 Å². The minimum Gasteiger partial charge on any atom is -0.496 e. The van der Waals surface area contributed by atoms with Crippen molar-refractivity contribution in [3.05, 3.63) is 22.7 Å². The van der Waals surface area contributed by atoms with E-state index in [1.165, 1.54) is 19.2 Å². The van der Waals surface area contributed by atoms with E-state index in [9.17, 15) is 9.90 Å². The van der Waals surface area contributed by atoms with Gasteiger partial charge in [-0.1, -0.05) is 38.3 Å². The number of hydrogen-bond donors (Lipinski definition) is 3. The van der Waals surface area contributed by atoms with Crippen molar-refractivity contribution in [2.75, 3.05) is 19.4 Å². The largest absolute Gasteiger partial charge is 0.496 e. The molecule has 0 radical (unpaired) electrons. The number of benzene rings is 1. The third-order valence-corrected chi connectivity index (χ3v) is 3.96. The molecule has 0 heterocycles. The molecule has 1 rings (SSSR count). The second-order valence-electron chi connectivity index (χ2n) is 4.93. The lowest BCUT2D eigenvalue weighted by Crippen LogP contribution is -2.36. The van der Waals surface area contributed by atoms with Gasteiger partial charge in [0.2, 0.25) is 0 Å². The van der Waals surface area contributed by atoms with E-state index in [0.29, 0.717) is 22.0 Å². The van der Waals surface area contributed by atoms with E-state index in [4.69, 9.17) is 22.1 Å². The number of nitrogen functional groups attached to an aromatic ring is 1. The fraction of sp³-hybridized carbons (Fsp3) is 0.533. The molecular formula is C15H23ClN2O3. The Kier molecular flexibility index (Phi) is 6.78. The Bertz CT molecular complexity index is 490. The molecule has 0 aliphatic rings. The number of aliphatic hydroxyl groups excluding tert-OH is 1. The minimum absolute atomic E-state index is 0.169. The number of nitrogens with one attached hydrogen (secondary N) is 1. The van der Waals surface area contributed by atoms with Gasteiger partial charge in [-0.3, -0.25) is 4.79 Å². The number of aliphatic hydroxyl groups is 1. The second kappa shape index (κ2) is 8.10. The molecule has 0 aliphatic carbocycles. The summed E-state index contributed by atoms with van der Waals surface area (Å²) in [5, 5.41) is 13.0. The Hall–Kier alpha value is -1.46. The van der Waals surface area contributed by atoms with E-state index < -0.39 is 6.10 Å². The predicted molar refractivity (Wildman–Crippen MR) is 84.8 cm³/mol. The van der Waals surface area contributed by atoms with Gasteiger partial charge < -0.3 is 20.9 Å². The molecule has 0 bridgehead atoms. The van der Waals surface area contributed by atoms with Gasteiger partial charge in [0.1, 0.15) is 5.75 Å². The number of amides is 1. The number of ether oxygens (including phenoxy) is 1. The molecule has 0 spiro atoms. The predicted octanol–water partition coefficient (Wildman–Crippen LogP) is 2.46. The van der Waals surface area contributed by atoms with Crippen molar-refractivity contribution in [3.8, 4) is 5.75 Å². The number of nitrogens with two attached hydrogens (primary N) is 1. The van der Waals surface area contributed by atoms with Crippen LogP contribution in [0, 0.1) is 5.92 Å². The van der Waals surface area contributed by atoms with E-state index in [2.05, 4.69) is 5.32 Å². The summed E-state index contributed by atoms with van der Waals surface area (Å²) in [6.07, 6.45) is 1.16. The maximum atomic E-state index is 12.2. The lowest BCUT2D eigenvalue weighted by atomic mass is 9.96. The van der Waals surface area contributed by atoms with Crippen LogP contribution in [0.2, 0.25) is 5.02 Å². The van der Waals surface area contributed by atoms with E-state index in [1.54, 1.807) is 0 Å². The summed E-state index contributed by atoms with van der Waals surface area (Å²) in [6.45, 7) is 4.22. The highest BCUT2D eigenvalue weighted by atomic mass is 35.5. The Morgan fingerprint density at radius 3 is 2.57 bits per heavy atom. The van der Waals surface area contributed by atoms with E-state index >= 15 is 0 Å². The summed E-state index contributed by atoms with van der Waals surface area (Å²) >= 11 is 5.93. The van der Waals surface area contributed by atoms with Crippen molar-refractivity contribution in [2.45, 2.75) is 32.8 Å². The zero-order valence-corrected chi connectivity index (χ0v) is 13.4. The standard InChI is InChI=1S/C15H23ClN2O3/c1-4-9(5-2)13(19)8-18-15(20)10-6-11(16)12(17)7-14(10)21-3/h6-7,9,13,19H,4-5,8,17H2,1-3H3,(H,18,20). The molecule has 21 heavy (non-hydrogen) atoms. The first-order valence-corrected chi connectivity index (χ1v) is 7.41. The number of hydrogen-bond acceptors (Lipinski definition) is 4. The number of carbonyl (C=O) groups is 1. The molecule has 0 saturated carbocycles. The zero-order chi connectivity index (χ0) is 16.0. The molecule has 0 aromatic heterocycles. The monoisotopic (exact) mass is 314 g/mol. The van der Waals surface area contributed by atoms with Gasteiger partial charge in [0.15, 0.2) is 0 Å². The number of halogens is 1. The van der Waals surface area contributed by atoms with Crippen LogP contribution in [-0.4, -0.2) is 30.8 Å². The molecule has 5 nitrogen and oxygen atoms in total. The quantitative estimate of drug-likeness (QED) is 0.675. The SMILES string of the molecule is CCC(CC)C(O)CNC(=O)c1cc(Cl)c(N)cc1OC. The molecule has 1 aromatic rings. The molecule has 0 fully saturated rings. The van der Waals surface area contributed by atoms with Crippen LogP contribution >= 0.6 is 11.6 Å². The van der Waals surface area contributed by atoms with Crippen molar-refractivity contribution >= 4 is 23.2 Å². The first kappa shape index (κ1) is 17.6. The smallest absolute Gasteiger partial charge is 0.255 e. The van der Waals surface area contributed by atoms with Crippen molar-refractivity contribution in [2.24, 2.45) is 5.92 Å². The second-order valence-corrected chi connectivity index (χ2v) is 5.34. The minimum atomic E-state index is -0.570. The molecule has 1 unspecified atom stereocenters. The van der Waals surface area contributed by atoms with E-state index in [0.717, 1.165) is 12.8 Å². The molecule has 4 N–H and O–H groups in total. The first-order chi connectivity index (χ1) is 9.94. The van der Waals surface area contributed by atoms with E-state index in [1.807, 2.05) is 13.8 Å². The highest BCUT2D eigenvalue weighted by molar-refractivity contribution is 6.33. The van der Waals surface area contributed by atoms with Crippen molar-refractivity contribution in [3.63, 3.8) is 0 Å². The summed E-state index contributed by atoms with van der Waals surface area (Å²) in [5.74, 6) is 0.174. The summed E-state index contributed by atoms with van der Waals surface area (Å²) in [4.78, 5) is 12.2. The Balaban J connectivity index is 2.78. The molecule has 1 amide bonds. The van der Waals surface area contributed by atoms with Crippen LogP contribution in [0.3, 0.4) is 0 Å². The van der Waals surface area contributed by atoms with Gasteiger partial charge in [-0.2, -0.15) is 0 Å². The molecule has 0 saturated heterocycles. The lowest BCUT2D eigenvalue weighted by Gasteiger charge is -2.20. The van der Waals surface area contributed by atoms with Crippen LogP contribution < -0.4 is 15.8 Å². The normalized spacial score (nSPS) is 12.3.